The van der Waals surface area contributed by atoms with E-state index in [0.717, 1.165) is 16.7 Å². The molecule has 0 radical (unpaired) electrons. The second-order valence-electron chi connectivity index (χ2n) is 7.34. The van der Waals surface area contributed by atoms with Crippen LogP contribution >= 0.6 is 0 Å². The molecule has 2 nitrogen and oxygen atoms in total. The first kappa shape index (κ1) is 15.9. The lowest BCUT2D eigenvalue weighted by Gasteiger charge is -2.25. The van der Waals surface area contributed by atoms with Crippen LogP contribution in [0.2, 0.25) is 0 Å². The van der Waals surface area contributed by atoms with E-state index >= 15 is 0 Å². The molecule has 1 aromatic rings. The van der Waals surface area contributed by atoms with Crippen LogP contribution in [0.5, 0.6) is 0 Å². The molecule has 0 spiro atoms. The molecule has 0 aromatic heterocycles. The molecule has 0 aliphatic heterocycles. The second kappa shape index (κ2) is 5.09. The predicted octanol–water partition coefficient (Wildman–Crippen LogP) is 3.94. The molecule has 1 rings (SSSR count). The van der Waals surface area contributed by atoms with E-state index in [2.05, 4.69) is 26.8 Å². The summed E-state index contributed by atoms with van der Waals surface area (Å²) in [4.78, 5) is 12.2. The fourth-order valence-electron chi connectivity index (χ4n) is 1.95. The van der Waals surface area contributed by atoms with Gasteiger partial charge in [0, 0.05) is 5.41 Å². The molecule has 0 saturated heterocycles. The van der Waals surface area contributed by atoms with Gasteiger partial charge in [-0.25, -0.2) is 0 Å². The summed E-state index contributed by atoms with van der Waals surface area (Å²) in [5.41, 5.74) is 2.29. The number of aliphatic hydroxyl groups excluding tert-OH is 1. The summed E-state index contributed by atoms with van der Waals surface area (Å²) in [5.74, 6) is -0.137. The lowest BCUT2D eigenvalue weighted by Crippen LogP contribution is -2.27. The lowest BCUT2D eigenvalue weighted by atomic mass is 9.81. The minimum Gasteiger partial charge on any atom is -0.381 e. The fraction of sp³-hybridized carbons (Fsp3) is 0.588. The Morgan fingerprint density at radius 2 is 1.63 bits per heavy atom. The Kier molecular flexibility index (Phi) is 4.26. The number of aryl methyl sites for hydroxylation is 1. The van der Waals surface area contributed by atoms with Crippen molar-refractivity contribution in [1.82, 2.24) is 0 Å². The van der Waals surface area contributed by atoms with E-state index in [1.54, 1.807) is 0 Å². The second-order valence-corrected chi connectivity index (χ2v) is 7.34. The van der Waals surface area contributed by atoms with Gasteiger partial charge in [0.15, 0.2) is 5.78 Å². The zero-order valence-corrected chi connectivity index (χ0v) is 13.2. The molecule has 0 fully saturated rings. The molecule has 1 unspecified atom stereocenters. The van der Waals surface area contributed by atoms with E-state index in [0.29, 0.717) is 0 Å². The van der Waals surface area contributed by atoms with Crippen LogP contribution in [0, 0.1) is 12.3 Å². The van der Waals surface area contributed by atoms with Crippen molar-refractivity contribution in [2.24, 2.45) is 5.41 Å². The normalized spacial score (nSPS) is 14.3. The molecule has 0 amide bonds. The van der Waals surface area contributed by atoms with Crippen LogP contribution in [-0.2, 0) is 10.2 Å². The van der Waals surface area contributed by atoms with Gasteiger partial charge in [-0.2, -0.15) is 0 Å². The van der Waals surface area contributed by atoms with Crippen molar-refractivity contribution in [1.29, 1.82) is 0 Å². The molecule has 0 aliphatic rings. The van der Waals surface area contributed by atoms with Gasteiger partial charge < -0.3 is 5.11 Å². The Morgan fingerprint density at radius 1 is 1.11 bits per heavy atom. The molecule has 0 aliphatic carbocycles. The van der Waals surface area contributed by atoms with Crippen LogP contribution in [0.15, 0.2) is 18.2 Å². The number of hydrogen-bond acceptors (Lipinski definition) is 2. The Labute approximate surface area is 116 Å². The molecule has 0 saturated carbocycles. The topological polar surface area (TPSA) is 37.3 Å². The van der Waals surface area contributed by atoms with Crippen LogP contribution < -0.4 is 0 Å². The van der Waals surface area contributed by atoms with E-state index in [9.17, 15) is 9.90 Å². The highest BCUT2D eigenvalue weighted by atomic mass is 16.3. The van der Waals surface area contributed by atoms with Gasteiger partial charge in [0.25, 0.3) is 0 Å². The molecular weight excluding hydrogens is 236 g/mol. The first-order valence-corrected chi connectivity index (χ1v) is 6.78. The average Bonchev–Trinajstić information content (AvgIpc) is 2.25. The summed E-state index contributed by atoms with van der Waals surface area (Å²) in [6.07, 6.45) is -1.04. The van der Waals surface area contributed by atoms with Crippen LogP contribution in [-0.4, -0.2) is 10.9 Å². The number of hydrogen-bond donors (Lipinski definition) is 1. The zero-order chi connectivity index (χ0) is 15.0. The van der Waals surface area contributed by atoms with Gasteiger partial charge in [-0.05, 0) is 29.0 Å². The van der Waals surface area contributed by atoms with Crippen LogP contribution in [0.3, 0.4) is 0 Å². The molecule has 106 valence electrons. The van der Waals surface area contributed by atoms with Crippen molar-refractivity contribution in [3.05, 3.63) is 34.9 Å². The number of rotatable bonds is 2. The van der Waals surface area contributed by atoms with Crippen molar-refractivity contribution in [3.8, 4) is 0 Å². The maximum absolute atomic E-state index is 12.2. The average molecular weight is 262 g/mol. The van der Waals surface area contributed by atoms with E-state index < -0.39 is 11.5 Å². The van der Waals surface area contributed by atoms with Crippen molar-refractivity contribution in [2.75, 3.05) is 0 Å². The standard InChI is InChI=1S/C17H26O2/c1-11-8-9-12(16(2,3)4)10-13(11)14(18)15(19)17(5,6)7/h8-10,14,18H,1-7H3. The highest BCUT2D eigenvalue weighted by Gasteiger charge is 2.30. The Morgan fingerprint density at radius 3 is 2.05 bits per heavy atom. The van der Waals surface area contributed by atoms with Crippen molar-refractivity contribution >= 4 is 5.78 Å². The Hall–Kier alpha value is -1.15. The Balaban J connectivity index is 3.24. The minimum absolute atomic E-state index is 0.00689. The molecule has 0 bridgehead atoms. The third-order valence-corrected chi connectivity index (χ3v) is 3.43. The maximum Gasteiger partial charge on any atom is 0.171 e. The largest absolute Gasteiger partial charge is 0.381 e. The van der Waals surface area contributed by atoms with Crippen LogP contribution in [0.4, 0.5) is 0 Å². The first-order chi connectivity index (χ1) is 8.44. The zero-order valence-electron chi connectivity index (χ0n) is 13.2. The van der Waals surface area contributed by atoms with Gasteiger partial charge >= 0.3 is 0 Å². The van der Waals surface area contributed by atoms with E-state index in [-0.39, 0.29) is 11.2 Å². The SMILES string of the molecule is Cc1ccc(C(C)(C)C)cc1C(O)C(=O)C(C)(C)C. The molecule has 0 heterocycles. The summed E-state index contributed by atoms with van der Waals surface area (Å²) < 4.78 is 0. The summed E-state index contributed by atoms with van der Waals surface area (Å²) in [5, 5.41) is 10.3. The fourth-order valence-corrected chi connectivity index (χ4v) is 1.95. The van der Waals surface area contributed by atoms with Crippen molar-refractivity contribution in [3.63, 3.8) is 0 Å². The van der Waals surface area contributed by atoms with Crippen molar-refractivity contribution < 1.29 is 9.90 Å². The van der Waals surface area contributed by atoms with E-state index in [1.807, 2.05) is 39.8 Å². The minimum atomic E-state index is -1.04. The third kappa shape index (κ3) is 3.66. The van der Waals surface area contributed by atoms with Crippen molar-refractivity contribution in [2.45, 2.75) is 60.0 Å². The first-order valence-electron chi connectivity index (χ1n) is 6.78. The highest BCUT2D eigenvalue weighted by Crippen LogP contribution is 2.31. The van der Waals surface area contributed by atoms with Gasteiger partial charge in [0.05, 0.1) is 0 Å². The molecular formula is C17H26O2. The van der Waals surface area contributed by atoms with Gasteiger partial charge in [-0.1, -0.05) is 59.7 Å². The van der Waals surface area contributed by atoms with E-state index in [4.69, 9.17) is 0 Å². The number of benzene rings is 1. The molecule has 1 N–H and O–H groups in total. The summed E-state index contributed by atoms with van der Waals surface area (Å²) in [6, 6.07) is 6.01. The van der Waals surface area contributed by atoms with Gasteiger partial charge in [0.2, 0.25) is 0 Å². The summed E-state index contributed by atoms with van der Waals surface area (Å²) >= 11 is 0. The maximum atomic E-state index is 12.2. The van der Waals surface area contributed by atoms with Crippen LogP contribution in [0.1, 0.15) is 64.3 Å². The predicted molar refractivity (Wildman–Crippen MR) is 79.3 cm³/mol. The van der Waals surface area contributed by atoms with Gasteiger partial charge in [0.1, 0.15) is 6.10 Å². The molecule has 1 atom stereocenters. The number of carbonyl (C=O) groups is 1. The van der Waals surface area contributed by atoms with E-state index in [1.165, 1.54) is 0 Å². The number of carbonyl (C=O) groups excluding carboxylic acids is 1. The number of aliphatic hydroxyl groups is 1. The smallest absolute Gasteiger partial charge is 0.171 e. The number of Topliss-reactive ketones (excluding diaryl/α,β-unsaturated/α-hetero) is 1. The third-order valence-electron chi connectivity index (χ3n) is 3.43. The molecule has 19 heavy (non-hydrogen) atoms. The highest BCUT2D eigenvalue weighted by molar-refractivity contribution is 5.89. The summed E-state index contributed by atoms with van der Waals surface area (Å²) in [6.45, 7) is 13.8. The summed E-state index contributed by atoms with van der Waals surface area (Å²) in [7, 11) is 0. The van der Waals surface area contributed by atoms with Gasteiger partial charge in [-0.15, -0.1) is 0 Å². The number of ketones is 1. The quantitative estimate of drug-likeness (QED) is 0.876. The Bertz CT molecular complexity index is 473. The van der Waals surface area contributed by atoms with Gasteiger partial charge in [-0.3, -0.25) is 4.79 Å². The van der Waals surface area contributed by atoms with Crippen LogP contribution in [0.25, 0.3) is 0 Å². The molecule has 2 heteroatoms. The lowest BCUT2D eigenvalue weighted by molar-refractivity contribution is -0.135. The molecule has 1 aromatic carbocycles. The monoisotopic (exact) mass is 262 g/mol.